The molecule has 0 unspecified atom stereocenters. The highest BCUT2D eigenvalue weighted by molar-refractivity contribution is 7.91. The Hall–Kier alpha value is -6.15. The van der Waals surface area contributed by atoms with E-state index in [0.29, 0.717) is 39.3 Å². The zero-order valence-electron chi connectivity index (χ0n) is 35.8. The maximum atomic E-state index is 13.3. The molecule has 0 radical (unpaired) electrons. The van der Waals surface area contributed by atoms with Gasteiger partial charge in [-0.15, -0.1) is 12.4 Å². The van der Waals surface area contributed by atoms with Crippen molar-refractivity contribution in [2.75, 3.05) is 48.1 Å². The van der Waals surface area contributed by atoms with Gasteiger partial charge in [-0.05, 0) is 106 Å². The Balaban J connectivity index is 0.000000268. The molecule has 0 aliphatic rings. The Morgan fingerprint density at radius 3 is 1.31 bits per heavy atom. The molecule has 0 heterocycles. The maximum absolute atomic E-state index is 13.3. The molecule has 2 amide bonds. The van der Waals surface area contributed by atoms with E-state index in [9.17, 15) is 26.4 Å². The van der Waals surface area contributed by atoms with Crippen molar-refractivity contribution in [2.24, 2.45) is 0 Å². The lowest BCUT2D eigenvalue weighted by Crippen LogP contribution is -2.21. The molecule has 0 aromatic heterocycles. The van der Waals surface area contributed by atoms with Crippen LogP contribution < -0.4 is 15.2 Å². The lowest BCUT2D eigenvalue weighted by atomic mass is 10.0. The highest BCUT2D eigenvalue weighted by Crippen LogP contribution is 2.34. The maximum Gasteiger partial charge on any atom is 0.253 e. The first-order valence-electron chi connectivity index (χ1n) is 19.3. The molecule has 0 fully saturated rings. The summed E-state index contributed by atoms with van der Waals surface area (Å²) < 4.78 is 63.6. The van der Waals surface area contributed by atoms with E-state index in [1.165, 1.54) is 24.0 Å². The highest BCUT2D eigenvalue weighted by Gasteiger charge is 2.23. The molecule has 6 rings (SSSR count). The van der Waals surface area contributed by atoms with Gasteiger partial charge in [0.2, 0.25) is 0 Å². The van der Waals surface area contributed by atoms with Crippen LogP contribution in [0, 0.1) is 0 Å². The number of hydrogen-bond donors (Lipinski definition) is 1. The predicted octanol–water partition coefficient (Wildman–Crippen LogP) is 8.64. The number of sulfone groups is 2. The van der Waals surface area contributed by atoms with Gasteiger partial charge in [0.1, 0.15) is 21.3 Å². The van der Waals surface area contributed by atoms with E-state index in [2.05, 4.69) is 0 Å². The van der Waals surface area contributed by atoms with Gasteiger partial charge in [0.05, 0.1) is 25.7 Å². The molecule has 0 spiro atoms. The fourth-order valence-electron chi connectivity index (χ4n) is 6.60. The van der Waals surface area contributed by atoms with Gasteiger partial charge < -0.3 is 25.0 Å². The van der Waals surface area contributed by atoms with Gasteiger partial charge in [-0.2, -0.15) is 0 Å². The van der Waals surface area contributed by atoms with Crippen LogP contribution in [0.1, 0.15) is 44.3 Å². The van der Waals surface area contributed by atoms with Crippen molar-refractivity contribution in [3.8, 4) is 33.8 Å². The number of amides is 2. The Labute approximate surface area is 371 Å². The topological polar surface area (TPSA) is 153 Å². The molecule has 0 aliphatic heterocycles. The van der Waals surface area contributed by atoms with E-state index in [1.807, 2.05) is 43.3 Å². The number of nitrogen functional groups attached to an aromatic ring is 1. The molecule has 62 heavy (non-hydrogen) atoms. The number of hydrogen-bond acceptors (Lipinski definition) is 9. The average molecular weight is 899 g/mol. The molecular weight excluding hydrogens is 846 g/mol. The van der Waals surface area contributed by atoms with Gasteiger partial charge in [-0.1, -0.05) is 79.7 Å². The lowest BCUT2D eigenvalue weighted by molar-refractivity contribution is 0.0820. The van der Waals surface area contributed by atoms with E-state index in [1.54, 1.807) is 125 Å². The summed E-state index contributed by atoms with van der Waals surface area (Å²) in [6.07, 6.45) is 0.842. The second-order valence-electron chi connectivity index (χ2n) is 14.7. The van der Waals surface area contributed by atoms with Crippen molar-refractivity contribution in [3.63, 3.8) is 0 Å². The molecule has 6 aromatic carbocycles. The summed E-state index contributed by atoms with van der Waals surface area (Å²) >= 11 is 0. The monoisotopic (exact) mass is 897 g/mol. The third-order valence-electron chi connectivity index (χ3n) is 9.76. The standard InChI is InChI=1S/C25H27NO4S.C23H24N2O4S.ClH/c1-5-18-8-6-9-19(14-18)17-31(28,29)24-16-21(12-13-23(24)30-4)20-10-7-11-22(15-20)25(27)26(2)3;1-25(2)23(26)19-8-5-7-17(13-19)18-10-11-21(29-3)22(14-18)30(27,28)15-16-6-4-9-20(24)12-16;/h6-16H,5,17H2,1-4H3;4-14H,15,24H2,1-3H3;1H. The van der Waals surface area contributed by atoms with Crippen molar-refractivity contribution < 1.29 is 35.9 Å². The summed E-state index contributed by atoms with van der Waals surface area (Å²) in [6.45, 7) is 2.04. The first kappa shape index (κ1) is 48.5. The average Bonchev–Trinajstić information content (AvgIpc) is 3.25. The van der Waals surface area contributed by atoms with E-state index < -0.39 is 19.7 Å². The van der Waals surface area contributed by atoms with Crippen LogP contribution in [0.25, 0.3) is 22.3 Å². The largest absolute Gasteiger partial charge is 0.495 e. The van der Waals surface area contributed by atoms with Crippen molar-refractivity contribution in [1.82, 2.24) is 9.80 Å². The normalized spacial score (nSPS) is 11.0. The minimum absolute atomic E-state index is 0. The van der Waals surface area contributed by atoms with Crippen LogP contribution >= 0.6 is 12.4 Å². The van der Waals surface area contributed by atoms with Crippen LogP contribution in [0.3, 0.4) is 0 Å². The van der Waals surface area contributed by atoms with Crippen molar-refractivity contribution in [3.05, 3.63) is 161 Å². The van der Waals surface area contributed by atoms with Gasteiger partial charge in [0.15, 0.2) is 19.7 Å². The number of nitrogens with zero attached hydrogens (tertiary/aromatic N) is 2. The lowest BCUT2D eigenvalue weighted by Gasteiger charge is -2.14. The van der Waals surface area contributed by atoms with Gasteiger partial charge in [0.25, 0.3) is 11.8 Å². The number of nitrogens with two attached hydrogens (primary N) is 1. The summed E-state index contributed by atoms with van der Waals surface area (Å²) in [4.78, 5) is 27.8. The molecule has 2 N–H and O–H groups in total. The quantitative estimate of drug-likeness (QED) is 0.112. The number of aryl methyl sites for hydroxylation is 1. The summed E-state index contributed by atoms with van der Waals surface area (Å²) in [5.41, 5.74) is 12.7. The fourth-order valence-corrected chi connectivity index (χ4v) is 9.67. The van der Waals surface area contributed by atoms with Crippen LogP contribution in [0.5, 0.6) is 11.5 Å². The first-order chi connectivity index (χ1) is 29.0. The van der Waals surface area contributed by atoms with E-state index >= 15 is 0 Å². The first-order valence-corrected chi connectivity index (χ1v) is 22.6. The molecule has 0 aliphatic carbocycles. The molecular formula is C48H52ClN3O8S2. The molecule has 0 saturated heterocycles. The molecule has 0 bridgehead atoms. The SMILES string of the molecule is CCc1cccc(CS(=O)(=O)c2cc(-c3cccc(C(=O)N(C)C)c3)ccc2OC)c1.COc1ccc(-c2cccc(C(=O)N(C)C)c2)cc1S(=O)(=O)Cc1cccc(N)c1.Cl. The second-order valence-corrected chi connectivity index (χ2v) is 18.6. The Bertz CT molecular complexity index is 2770. The van der Waals surface area contributed by atoms with Crippen LogP contribution in [0.2, 0.25) is 0 Å². The summed E-state index contributed by atoms with van der Waals surface area (Å²) in [5.74, 6) is 0.0227. The number of halogens is 1. The predicted molar refractivity (Wildman–Crippen MR) is 249 cm³/mol. The fraction of sp³-hybridized carbons (Fsp3) is 0.208. The number of benzene rings is 6. The van der Waals surface area contributed by atoms with Gasteiger partial charge >= 0.3 is 0 Å². The molecule has 0 saturated carbocycles. The number of ether oxygens (including phenoxy) is 2. The smallest absolute Gasteiger partial charge is 0.253 e. The summed E-state index contributed by atoms with van der Waals surface area (Å²) in [6, 6.07) is 38.7. The third-order valence-corrected chi connectivity index (χ3v) is 13.2. The zero-order chi connectivity index (χ0) is 44.5. The molecule has 14 heteroatoms. The van der Waals surface area contributed by atoms with E-state index in [4.69, 9.17) is 15.2 Å². The molecule has 326 valence electrons. The second kappa shape index (κ2) is 21.1. The number of carbonyl (C=O) groups is 2. The number of carbonyl (C=O) groups excluding carboxylic acids is 2. The third kappa shape index (κ3) is 12.0. The van der Waals surface area contributed by atoms with Gasteiger partial charge in [-0.3, -0.25) is 9.59 Å². The highest BCUT2D eigenvalue weighted by atomic mass is 35.5. The number of rotatable bonds is 13. The van der Waals surface area contributed by atoms with Gasteiger partial charge in [0, 0.05) is 45.0 Å². The zero-order valence-corrected chi connectivity index (χ0v) is 38.2. The van der Waals surface area contributed by atoms with Crippen LogP contribution in [0.15, 0.2) is 143 Å². The van der Waals surface area contributed by atoms with Gasteiger partial charge in [-0.25, -0.2) is 16.8 Å². The van der Waals surface area contributed by atoms with E-state index in [-0.39, 0.29) is 51.3 Å². The Morgan fingerprint density at radius 1 is 0.516 bits per heavy atom. The van der Waals surface area contributed by atoms with E-state index in [0.717, 1.165) is 28.7 Å². The Morgan fingerprint density at radius 2 is 0.903 bits per heavy atom. The minimum atomic E-state index is -3.70. The summed E-state index contributed by atoms with van der Waals surface area (Å²) in [5, 5.41) is 0. The van der Waals surface area contributed by atoms with Crippen molar-refractivity contribution in [1.29, 1.82) is 0 Å². The van der Waals surface area contributed by atoms with Crippen LogP contribution in [-0.4, -0.2) is 80.9 Å². The number of anilines is 1. The molecule has 0 atom stereocenters. The molecule has 6 aromatic rings. The Kier molecular flexibility index (Phi) is 16.5. The number of methoxy groups -OCH3 is 2. The minimum Gasteiger partial charge on any atom is -0.495 e. The van der Waals surface area contributed by atoms with Crippen LogP contribution in [-0.2, 0) is 37.6 Å². The summed E-state index contributed by atoms with van der Waals surface area (Å²) in [7, 11) is 2.30. The van der Waals surface area contributed by atoms with Crippen LogP contribution in [0.4, 0.5) is 5.69 Å². The molecule has 11 nitrogen and oxygen atoms in total. The van der Waals surface area contributed by atoms with Crippen molar-refractivity contribution >= 4 is 49.6 Å². The van der Waals surface area contributed by atoms with Crippen molar-refractivity contribution in [2.45, 2.75) is 34.6 Å².